The van der Waals surface area contributed by atoms with Crippen LogP contribution in [0.3, 0.4) is 0 Å². The molecule has 0 saturated heterocycles. The van der Waals surface area contributed by atoms with E-state index in [4.69, 9.17) is 5.73 Å². The summed E-state index contributed by atoms with van der Waals surface area (Å²) in [5.74, 6) is 0. The lowest BCUT2D eigenvalue weighted by Gasteiger charge is -2.25. The molecule has 1 unspecified atom stereocenters. The van der Waals surface area contributed by atoms with Gasteiger partial charge in [0.15, 0.2) is 0 Å². The molecule has 2 heteroatoms. The van der Waals surface area contributed by atoms with Crippen molar-refractivity contribution in [3.63, 3.8) is 0 Å². The van der Waals surface area contributed by atoms with Gasteiger partial charge in [-0.15, -0.1) is 0 Å². The monoisotopic (exact) mass is 226 g/mol. The summed E-state index contributed by atoms with van der Waals surface area (Å²) in [6.45, 7) is 0. The number of rotatable bonds is 2. The van der Waals surface area contributed by atoms with Gasteiger partial charge in [0.25, 0.3) is 0 Å². The van der Waals surface area contributed by atoms with E-state index >= 15 is 0 Å². The summed E-state index contributed by atoms with van der Waals surface area (Å²) in [6.07, 6.45) is 8.34. The van der Waals surface area contributed by atoms with Crippen molar-refractivity contribution in [2.75, 3.05) is 14.1 Å². The number of nitrogens with two attached hydrogens (primary N) is 1. The van der Waals surface area contributed by atoms with Crippen LogP contribution in [-0.4, -0.2) is 25.0 Å². The molecule has 0 aliphatic heterocycles. The molecule has 2 nitrogen and oxygen atoms in total. The Morgan fingerprint density at radius 1 is 1.12 bits per heavy atom. The number of allylic oxidation sites excluding steroid dienone is 2. The van der Waals surface area contributed by atoms with Gasteiger partial charge < -0.3 is 5.73 Å². The highest BCUT2D eigenvalue weighted by Gasteiger charge is 2.17. The first-order valence-corrected chi connectivity index (χ1v) is 5.76. The standard InChI is InChI=1S/C15H18N2/c1-17(2)14-11-7-6-10-13(14)15(16)12-8-4-3-5-9-12/h3-11,14H,16H2,1-2H3/b15-13-. The van der Waals surface area contributed by atoms with Gasteiger partial charge in [0, 0.05) is 5.70 Å². The van der Waals surface area contributed by atoms with Crippen LogP contribution in [0.2, 0.25) is 0 Å². The largest absolute Gasteiger partial charge is 0.398 e. The molecule has 1 atom stereocenters. The third-order valence-corrected chi connectivity index (χ3v) is 2.95. The van der Waals surface area contributed by atoms with Crippen LogP contribution >= 0.6 is 0 Å². The zero-order valence-corrected chi connectivity index (χ0v) is 10.3. The minimum Gasteiger partial charge on any atom is -0.398 e. The van der Waals surface area contributed by atoms with Crippen molar-refractivity contribution >= 4 is 5.70 Å². The molecule has 0 fully saturated rings. The van der Waals surface area contributed by atoms with E-state index in [-0.39, 0.29) is 6.04 Å². The van der Waals surface area contributed by atoms with Gasteiger partial charge in [0.2, 0.25) is 0 Å². The first-order valence-electron chi connectivity index (χ1n) is 5.76. The molecular weight excluding hydrogens is 208 g/mol. The Balaban J connectivity index is 2.43. The maximum absolute atomic E-state index is 6.27. The average molecular weight is 226 g/mol. The van der Waals surface area contributed by atoms with Gasteiger partial charge in [-0.2, -0.15) is 0 Å². The van der Waals surface area contributed by atoms with E-state index in [0.29, 0.717) is 0 Å². The van der Waals surface area contributed by atoms with Gasteiger partial charge in [-0.25, -0.2) is 0 Å². The Bertz CT molecular complexity index is 467. The highest BCUT2D eigenvalue weighted by molar-refractivity contribution is 5.70. The topological polar surface area (TPSA) is 29.3 Å². The molecule has 1 aliphatic carbocycles. The van der Waals surface area contributed by atoms with Crippen LogP contribution in [0, 0.1) is 0 Å². The molecule has 1 aromatic carbocycles. The zero-order chi connectivity index (χ0) is 12.3. The van der Waals surface area contributed by atoms with Crippen LogP contribution in [0.25, 0.3) is 5.70 Å². The number of likely N-dealkylation sites (N-methyl/N-ethyl adjacent to an activating group) is 1. The number of benzene rings is 1. The molecule has 0 saturated carbocycles. The fourth-order valence-electron chi connectivity index (χ4n) is 2.01. The molecule has 2 N–H and O–H groups in total. The van der Waals surface area contributed by atoms with Crippen molar-refractivity contribution in [1.82, 2.24) is 4.90 Å². The van der Waals surface area contributed by atoms with Crippen LogP contribution < -0.4 is 5.73 Å². The fraction of sp³-hybridized carbons (Fsp3) is 0.200. The summed E-state index contributed by atoms with van der Waals surface area (Å²) in [6, 6.07) is 10.4. The minimum absolute atomic E-state index is 0.250. The molecule has 0 amide bonds. The summed E-state index contributed by atoms with van der Waals surface area (Å²) >= 11 is 0. The molecule has 0 spiro atoms. The van der Waals surface area contributed by atoms with Gasteiger partial charge in [-0.3, -0.25) is 4.90 Å². The van der Waals surface area contributed by atoms with E-state index in [1.807, 2.05) is 36.4 Å². The summed E-state index contributed by atoms with van der Waals surface area (Å²) in [4.78, 5) is 2.16. The van der Waals surface area contributed by atoms with Gasteiger partial charge in [-0.1, -0.05) is 54.6 Å². The quantitative estimate of drug-likeness (QED) is 0.839. The van der Waals surface area contributed by atoms with E-state index in [0.717, 1.165) is 16.8 Å². The molecule has 2 rings (SSSR count). The predicted octanol–water partition coefficient (Wildman–Crippen LogP) is 2.41. The number of hydrogen-bond donors (Lipinski definition) is 1. The van der Waals surface area contributed by atoms with Crippen LogP contribution in [0.4, 0.5) is 0 Å². The van der Waals surface area contributed by atoms with Crippen molar-refractivity contribution in [3.8, 4) is 0 Å². The van der Waals surface area contributed by atoms with Crippen LogP contribution in [0.1, 0.15) is 5.56 Å². The van der Waals surface area contributed by atoms with Crippen molar-refractivity contribution in [2.24, 2.45) is 5.73 Å². The fourth-order valence-corrected chi connectivity index (χ4v) is 2.01. The predicted molar refractivity (Wildman–Crippen MR) is 73.3 cm³/mol. The van der Waals surface area contributed by atoms with Gasteiger partial charge in [0.05, 0.1) is 6.04 Å². The molecular formula is C15H18N2. The third kappa shape index (κ3) is 2.48. The molecule has 88 valence electrons. The van der Waals surface area contributed by atoms with Gasteiger partial charge >= 0.3 is 0 Å². The summed E-state index contributed by atoms with van der Waals surface area (Å²) in [5, 5.41) is 0. The van der Waals surface area contributed by atoms with Crippen molar-refractivity contribution in [1.29, 1.82) is 0 Å². The molecule has 0 bridgehead atoms. The summed E-state index contributed by atoms with van der Waals surface area (Å²) in [5.41, 5.74) is 9.35. The van der Waals surface area contributed by atoms with E-state index in [1.165, 1.54) is 0 Å². The summed E-state index contributed by atoms with van der Waals surface area (Å²) in [7, 11) is 4.12. The normalized spacial score (nSPS) is 21.9. The Labute approximate surface area is 103 Å². The minimum atomic E-state index is 0.250. The Morgan fingerprint density at radius 2 is 1.82 bits per heavy atom. The molecule has 1 aromatic rings. The number of nitrogens with zero attached hydrogens (tertiary/aromatic N) is 1. The van der Waals surface area contributed by atoms with Crippen LogP contribution in [0.5, 0.6) is 0 Å². The first-order chi connectivity index (χ1) is 8.20. The Hall–Kier alpha value is -1.80. The zero-order valence-electron chi connectivity index (χ0n) is 10.3. The van der Waals surface area contributed by atoms with E-state index < -0.39 is 0 Å². The van der Waals surface area contributed by atoms with Gasteiger partial charge in [0.1, 0.15) is 0 Å². The second-order valence-electron chi connectivity index (χ2n) is 4.39. The smallest absolute Gasteiger partial charge is 0.0550 e. The summed E-state index contributed by atoms with van der Waals surface area (Å²) < 4.78 is 0. The highest BCUT2D eigenvalue weighted by atomic mass is 15.1. The molecule has 17 heavy (non-hydrogen) atoms. The number of hydrogen-bond acceptors (Lipinski definition) is 2. The Morgan fingerprint density at radius 3 is 2.47 bits per heavy atom. The molecule has 0 heterocycles. The average Bonchev–Trinajstić information content (AvgIpc) is 2.39. The molecule has 0 aromatic heterocycles. The second kappa shape index (κ2) is 5.02. The Kier molecular flexibility index (Phi) is 3.45. The first kappa shape index (κ1) is 11.7. The maximum Gasteiger partial charge on any atom is 0.0550 e. The highest BCUT2D eigenvalue weighted by Crippen LogP contribution is 2.22. The lowest BCUT2D eigenvalue weighted by molar-refractivity contribution is 0.382. The molecule has 1 aliphatic rings. The van der Waals surface area contributed by atoms with Crippen molar-refractivity contribution in [3.05, 3.63) is 65.8 Å². The third-order valence-electron chi connectivity index (χ3n) is 2.95. The molecule has 0 radical (unpaired) electrons. The van der Waals surface area contributed by atoms with Crippen LogP contribution in [-0.2, 0) is 0 Å². The lowest BCUT2D eigenvalue weighted by atomic mass is 9.96. The maximum atomic E-state index is 6.27. The van der Waals surface area contributed by atoms with E-state index in [2.05, 4.69) is 37.2 Å². The van der Waals surface area contributed by atoms with Crippen LogP contribution in [0.15, 0.2) is 60.2 Å². The lowest BCUT2D eigenvalue weighted by Crippen LogP contribution is -2.29. The SMILES string of the molecule is CN(C)C1C=CC=C/C1=C(/N)c1ccccc1. The van der Waals surface area contributed by atoms with Crippen molar-refractivity contribution in [2.45, 2.75) is 6.04 Å². The van der Waals surface area contributed by atoms with E-state index in [9.17, 15) is 0 Å². The van der Waals surface area contributed by atoms with Crippen molar-refractivity contribution < 1.29 is 0 Å². The second-order valence-corrected chi connectivity index (χ2v) is 4.39. The van der Waals surface area contributed by atoms with Gasteiger partial charge in [-0.05, 0) is 25.2 Å². The van der Waals surface area contributed by atoms with E-state index in [1.54, 1.807) is 0 Å².